The van der Waals surface area contributed by atoms with E-state index < -0.39 is 23.5 Å². The third-order valence-electron chi connectivity index (χ3n) is 1.98. The molecular formula is C9H5F6I. The summed E-state index contributed by atoms with van der Waals surface area (Å²) in [5.74, 6) is 0. The van der Waals surface area contributed by atoms with E-state index in [1.165, 1.54) is 22.6 Å². The van der Waals surface area contributed by atoms with Gasteiger partial charge in [0, 0.05) is 3.57 Å². The number of alkyl halides is 6. The molecule has 0 bridgehead atoms. The summed E-state index contributed by atoms with van der Waals surface area (Å²) >= 11 is 1.46. The third-order valence-corrected chi connectivity index (χ3v) is 3.10. The van der Waals surface area contributed by atoms with E-state index in [0.29, 0.717) is 6.07 Å². The van der Waals surface area contributed by atoms with Crippen molar-refractivity contribution in [2.45, 2.75) is 19.3 Å². The van der Waals surface area contributed by atoms with Crippen LogP contribution in [0.25, 0.3) is 0 Å². The molecule has 0 spiro atoms. The molecule has 0 nitrogen and oxygen atoms in total. The molecule has 0 unspecified atom stereocenters. The molecule has 0 saturated carbocycles. The number of halogens is 7. The Hall–Kier alpha value is -0.470. The van der Waals surface area contributed by atoms with Crippen LogP contribution in [-0.2, 0) is 12.4 Å². The van der Waals surface area contributed by atoms with Gasteiger partial charge in [0.05, 0.1) is 11.1 Å². The van der Waals surface area contributed by atoms with E-state index in [9.17, 15) is 26.3 Å². The Bertz CT molecular complexity index is 404. The topological polar surface area (TPSA) is 0 Å². The summed E-state index contributed by atoms with van der Waals surface area (Å²) in [4.78, 5) is 0. The van der Waals surface area contributed by atoms with E-state index in [1.54, 1.807) is 0 Å². The van der Waals surface area contributed by atoms with Crippen LogP contribution in [0.15, 0.2) is 12.1 Å². The molecule has 16 heavy (non-hydrogen) atoms. The van der Waals surface area contributed by atoms with E-state index in [1.807, 2.05) is 0 Å². The zero-order valence-corrected chi connectivity index (χ0v) is 9.96. The van der Waals surface area contributed by atoms with E-state index in [0.717, 1.165) is 6.92 Å². The molecule has 1 aromatic rings. The fraction of sp³-hybridized carbons (Fsp3) is 0.333. The van der Waals surface area contributed by atoms with E-state index in [2.05, 4.69) is 0 Å². The van der Waals surface area contributed by atoms with Gasteiger partial charge in [-0.1, -0.05) is 0 Å². The number of hydrogen-bond donors (Lipinski definition) is 0. The second-order valence-electron chi connectivity index (χ2n) is 3.13. The molecule has 90 valence electrons. The van der Waals surface area contributed by atoms with Crippen molar-refractivity contribution in [1.29, 1.82) is 0 Å². The molecule has 1 aromatic carbocycles. The molecule has 0 radical (unpaired) electrons. The normalized spacial score (nSPS) is 13.0. The molecule has 0 saturated heterocycles. The molecule has 0 heterocycles. The van der Waals surface area contributed by atoms with Gasteiger partial charge in [-0.05, 0) is 47.2 Å². The smallest absolute Gasteiger partial charge is 0.166 e. The van der Waals surface area contributed by atoms with Crippen LogP contribution in [0.5, 0.6) is 0 Å². The molecule has 0 aliphatic carbocycles. The minimum Gasteiger partial charge on any atom is -0.166 e. The molecule has 0 aromatic heterocycles. The molecule has 0 atom stereocenters. The second-order valence-corrected chi connectivity index (χ2v) is 4.29. The lowest BCUT2D eigenvalue weighted by molar-refractivity contribution is -0.143. The Morgan fingerprint density at radius 2 is 1.44 bits per heavy atom. The molecule has 7 heteroatoms. The van der Waals surface area contributed by atoms with E-state index in [-0.39, 0.29) is 15.2 Å². The number of benzene rings is 1. The first-order chi connectivity index (χ1) is 7.03. The van der Waals surface area contributed by atoms with Crippen LogP contribution in [0, 0.1) is 10.5 Å². The predicted octanol–water partition coefficient (Wildman–Crippen LogP) is 4.64. The number of hydrogen-bond acceptors (Lipinski definition) is 0. The molecule has 0 fully saturated rings. The van der Waals surface area contributed by atoms with Crippen molar-refractivity contribution in [3.63, 3.8) is 0 Å². The highest BCUT2D eigenvalue weighted by Gasteiger charge is 2.38. The van der Waals surface area contributed by atoms with Crippen LogP contribution in [0.3, 0.4) is 0 Å². The Morgan fingerprint density at radius 1 is 0.938 bits per heavy atom. The van der Waals surface area contributed by atoms with Crippen LogP contribution in [0.2, 0.25) is 0 Å². The average molecular weight is 354 g/mol. The first-order valence-corrected chi connectivity index (χ1v) is 5.06. The highest BCUT2D eigenvalue weighted by molar-refractivity contribution is 14.1. The van der Waals surface area contributed by atoms with Crippen LogP contribution in [0.4, 0.5) is 26.3 Å². The van der Waals surface area contributed by atoms with Gasteiger partial charge < -0.3 is 0 Å². The molecule has 0 N–H and O–H groups in total. The summed E-state index contributed by atoms with van der Waals surface area (Å²) in [5, 5.41) is 0. The van der Waals surface area contributed by atoms with Crippen LogP contribution in [-0.4, -0.2) is 0 Å². The molecular weight excluding hydrogens is 349 g/mol. The maximum Gasteiger partial charge on any atom is 0.416 e. The van der Waals surface area contributed by atoms with Gasteiger partial charge in [-0.25, -0.2) is 0 Å². The van der Waals surface area contributed by atoms with Crippen molar-refractivity contribution in [3.05, 3.63) is 32.4 Å². The summed E-state index contributed by atoms with van der Waals surface area (Å²) in [6, 6.07) is 0.836. The van der Waals surface area contributed by atoms with Crippen LogP contribution >= 0.6 is 22.6 Å². The van der Waals surface area contributed by atoms with E-state index in [4.69, 9.17) is 0 Å². The average Bonchev–Trinajstić information content (AvgIpc) is 2.05. The number of rotatable bonds is 0. The fourth-order valence-electron chi connectivity index (χ4n) is 1.14. The first-order valence-electron chi connectivity index (χ1n) is 3.98. The van der Waals surface area contributed by atoms with Gasteiger partial charge in [-0.2, -0.15) is 26.3 Å². The zero-order valence-electron chi connectivity index (χ0n) is 7.80. The van der Waals surface area contributed by atoms with Crippen molar-refractivity contribution in [1.82, 2.24) is 0 Å². The minimum atomic E-state index is -4.77. The third kappa shape index (κ3) is 2.80. The van der Waals surface area contributed by atoms with Gasteiger partial charge in [0.25, 0.3) is 0 Å². The lowest BCUT2D eigenvalue weighted by atomic mass is 10.0. The van der Waals surface area contributed by atoms with Crippen molar-refractivity contribution >= 4 is 22.6 Å². The second kappa shape index (κ2) is 4.08. The SMILES string of the molecule is Cc1c(I)cc(C(F)(F)F)cc1C(F)(F)F. The summed E-state index contributed by atoms with van der Waals surface area (Å²) in [6.45, 7) is 1.14. The Balaban J connectivity index is 3.46. The maximum absolute atomic E-state index is 12.4. The summed E-state index contributed by atoms with van der Waals surface area (Å²) in [5.41, 5.74) is -2.72. The van der Waals surface area contributed by atoms with E-state index >= 15 is 0 Å². The Labute approximate surface area is 101 Å². The van der Waals surface area contributed by atoms with Gasteiger partial charge in [0.15, 0.2) is 0 Å². The first kappa shape index (κ1) is 13.6. The summed E-state index contributed by atoms with van der Waals surface area (Å²) in [6.07, 6.45) is -9.54. The Morgan fingerprint density at radius 3 is 1.81 bits per heavy atom. The van der Waals surface area contributed by atoms with Gasteiger partial charge >= 0.3 is 12.4 Å². The van der Waals surface area contributed by atoms with Crippen molar-refractivity contribution in [2.75, 3.05) is 0 Å². The highest BCUT2D eigenvalue weighted by atomic mass is 127. The lowest BCUT2D eigenvalue weighted by Gasteiger charge is -2.15. The monoisotopic (exact) mass is 354 g/mol. The van der Waals surface area contributed by atoms with Crippen LogP contribution < -0.4 is 0 Å². The van der Waals surface area contributed by atoms with Gasteiger partial charge in [0.1, 0.15) is 0 Å². The van der Waals surface area contributed by atoms with Gasteiger partial charge in [0.2, 0.25) is 0 Å². The minimum absolute atomic E-state index is 0.0558. The quantitative estimate of drug-likeness (QED) is 0.471. The summed E-state index contributed by atoms with van der Waals surface area (Å²) in [7, 11) is 0. The van der Waals surface area contributed by atoms with Gasteiger partial charge in [-0.15, -0.1) is 0 Å². The molecule has 1 rings (SSSR count). The highest BCUT2D eigenvalue weighted by Crippen LogP contribution is 2.38. The predicted molar refractivity (Wildman–Crippen MR) is 53.9 cm³/mol. The molecule has 0 aliphatic rings. The Kier molecular flexibility index (Phi) is 3.47. The van der Waals surface area contributed by atoms with Crippen LogP contribution in [0.1, 0.15) is 16.7 Å². The molecule has 0 aliphatic heterocycles. The van der Waals surface area contributed by atoms with Gasteiger partial charge in [-0.3, -0.25) is 0 Å². The van der Waals surface area contributed by atoms with Crippen molar-refractivity contribution < 1.29 is 26.3 Å². The lowest BCUT2D eigenvalue weighted by Crippen LogP contribution is -2.13. The fourth-order valence-corrected chi connectivity index (χ4v) is 1.76. The largest absolute Gasteiger partial charge is 0.416 e. The van der Waals surface area contributed by atoms with Crippen molar-refractivity contribution in [2.24, 2.45) is 0 Å². The zero-order chi connectivity index (χ0) is 12.7. The standard InChI is InChI=1S/C9H5F6I/c1-4-6(9(13,14)15)2-5(3-7(4)16)8(10,11)12/h2-3H,1H3. The van der Waals surface area contributed by atoms with Crippen molar-refractivity contribution in [3.8, 4) is 0 Å². The summed E-state index contributed by atoms with van der Waals surface area (Å²) < 4.78 is 74.1. The maximum atomic E-state index is 12.4. The molecule has 0 amide bonds.